The molecule has 0 radical (unpaired) electrons. The summed E-state index contributed by atoms with van der Waals surface area (Å²) in [6.07, 6.45) is -4.61. The number of alkyl halides is 3. The van der Waals surface area contributed by atoms with Crippen molar-refractivity contribution in [2.24, 2.45) is 0 Å². The van der Waals surface area contributed by atoms with Crippen molar-refractivity contribution in [3.8, 4) is 5.75 Å². The standard InChI is InChI=1S/C23H21F3N2O4S/c1-16(17-7-3-2-4-8-17)28-33(30,31)19-13-11-18(12-14-19)32-15-22(29)27-21-10-6-5-9-20(21)23(24,25)26/h2-14,16,28H,15H2,1H3,(H,27,29). The van der Waals surface area contributed by atoms with Crippen molar-refractivity contribution in [1.82, 2.24) is 4.72 Å². The number of benzene rings is 3. The van der Waals surface area contributed by atoms with E-state index in [0.29, 0.717) is 0 Å². The van der Waals surface area contributed by atoms with Crippen LogP contribution in [0.5, 0.6) is 5.75 Å². The molecule has 0 aliphatic heterocycles. The van der Waals surface area contributed by atoms with Gasteiger partial charge in [0.15, 0.2) is 6.61 Å². The number of ether oxygens (including phenoxy) is 1. The third-order valence-electron chi connectivity index (χ3n) is 4.64. The summed E-state index contributed by atoms with van der Waals surface area (Å²) in [6.45, 7) is 1.17. The average molecular weight is 478 g/mol. The van der Waals surface area contributed by atoms with E-state index in [0.717, 1.165) is 17.7 Å². The summed E-state index contributed by atoms with van der Waals surface area (Å²) in [4.78, 5) is 12.0. The molecule has 174 valence electrons. The first-order valence-corrected chi connectivity index (χ1v) is 11.3. The summed E-state index contributed by atoms with van der Waals surface area (Å²) in [5, 5.41) is 2.17. The van der Waals surface area contributed by atoms with Gasteiger partial charge in [-0.15, -0.1) is 0 Å². The number of hydrogen-bond donors (Lipinski definition) is 2. The van der Waals surface area contributed by atoms with Crippen LogP contribution in [-0.2, 0) is 21.0 Å². The van der Waals surface area contributed by atoms with E-state index in [9.17, 15) is 26.4 Å². The summed E-state index contributed by atoms with van der Waals surface area (Å²) >= 11 is 0. The van der Waals surface area contributed by atoms with Crippen molar-refractivity contribution in [2.45, 2.75) is 24.0 Å². The average Bonchev–Trinajstić information content (AvgIpc) is 2.78. The van der Waals surface area contributed by atoms with Gasteiger partial charge in [0.05, 0.1) is 16.1 Å². The highest BCUT2D eigenvalue weighted by Crippen LogP contribution is 2.34. The fourth-order valence-corrected chi connectivity index (χ4v) is 4.23. The number of amides is 1. The molecule has 1 atom stereocenters. The molecule has 3 rings (SSSR count). The Hall–Kier alpha value is -3.37. The van der Waals surface area contributed by atoms with Gasteiger partial charge in [-0.3, -0.25) is 4.79 Å². The lowest BCUT2D eigenvalue weighted by Gasteiger charge is -2.15. The Morgan fingerprint density at radius 1 is 0.939 bits per heavy atom. The number of hydrogen-bond acceptors (Lipinski definition) is 4. The largest absolute Gasteiger partial charge is 0.484 e. The second-order valence-corrected chi connectivity index (χ2v) is 8.82. The first-order chi connectivity index (χ1) is 15.6. The molecule has 6 nitrogen and oxygen atoms in total. The van der Waals surface area contributed by atoms with Crippen LogP contribution in [0.4, 0.5) is 18.9 Å². The Bertz CT molecular complexity index is 1200. The molecule has 0 saturated heterocycles. The first-order valence-electron chi connectivity index (χ1n) is 9.82. The molecule has 1 amide bonds. The third kappa shape index (κ3) is 6.56. The van der Waals surface area contributed by atoms with Crippen molar-refractivity contribution >= 4 is 21.6 Å². The monoisotopic (exact) mass is 478 g/mol. The van der Waals surface area contributed by atoms with Crippen LogP contribution >= 0.6 is 0 Å². The van der Waals surface area contributed by atoms with Crippen LogP contribution in [0.15, 0.2) is 83.8 Å². The zero-order chi connectivity index (χ0) is 24.1. The lowest BCUT2D eigenvalue weighted by atomic mass is 10.1. The summed E-state index contributed by atoms with van der Waals surface area (Å²) in [7, 11) is -3.81. The van der Waals surface area contributed by atoms with Crippen LogP contribution in [0, 0.1) is 0 Å². The van der Waals surface area contributed by atoms with Crippen LogP contribution in [-0.4, -0.2) is 20.9 Å². The van der Waals surface area contributed by atoms with Crippen LogP contribution < -0.4 is 14.8 Å². The first kappa shape index (κ1) is 24.3. The number of para-hydroxylation sites is 1. The zero-order valence-corrected chi connectivity index (χ0v) is 18.3. The number of halogens is 3. The minimum absolute atomic E-state index is 0.00110. The molecule has 33 heavy (non-hydrogen) atoms. The van der Waals surface area contributed by atoms with Gasteiger partial charge in [0.1, 0.15) is 5.75 Å². The molecule has 0 aliphatic carbocycles. The Morgan fingerprint density at radius 3 is 2.18 bits per heavy atom. The fourth-order valence-electron chi connectivity index (χ4n) is 3.00. The molecule has 3 aromatic rings. The second kappa shape index (κ2) is 10.1. The summed E-state index contributed by atoms with van der Waals surface area (Å²) < 4.78 is 72.1. The van der Waals surface area contributed by atoms with Crippen LogP contribution in [0.1, 0.15) is 24.1 Å². The molecular formula is C23H21F3N2O4S. The summed E-state index contributed by atoms with van der Waals surface area (Å²) in [6, 6.07) is 18.6. The molecule has 0 saturated carbocycles. The van der Waals surface area contributed by atoms with Gasteiger partial charge in [-0.25, -0.2) is 13.1 Å². The van der Waals surface area contributed by atoms with E-state index in [-0.39, 0.29) is 16.3 Å². The van der Waals surface area contributed by atoms with Gasteiger partial charge >= 0.3 is 6.18 Å². The number of rotatable bonds is 8. The maximum absolute atomic E-state index is 13.0. The van der Waals surface area contributed by atoms with Gasteiger partial charge in [0.25, 0.3) is 5.91 Å². The zero-order valence-electron chi connectivity index (χ0n) is 17.5. The minimum Gasteiger partial charge on any atom is -0.484 e. The number of carbonyl (C=O) groups excluding carboxylic acids is 1. The van der Waals surface area contributed by atoms with Crippen LogP contribution in [0.25, 0.3) is 0 Å². The smallest absolute Gasteiger partial charge is 0.418 e. The number of sulfonamides is 1. The Balaban J connectivity index is 1.59. The molecular weight excluding hydrogens is 457 g/mol. The second-order valence-electron chi connectivity index (χ2n) is 7.11. The van der Waals surface area contributed by atoms with E-state index < -0.39 is 40.3 Å². The van der Waals surface area contributed by atoms with Crippen molar-refractivity contribution in [1.29, 1.82) is 0 Å². The van der Waals surface area contributed by atoms with Gasteiger partial charge in [0, 0.05) is 6.04 Å². The molecule has 0 aliphatic rings. The highest BCUT2D eigenvalue weighted by Gasteiger charge is 2.33. The molecule has 0 heterocycles. The highest BCUT2D eigenvalue weighted by molar-refractivity contribution is 7.89. The quantitative estimate of drug-likeness (QED) is 0.489. The molecule has 3 aromatic carbocycles. The van der Waals surface area contributed by atoms with Crippen molar-refractivity contribution < 1.29 is 31.1 Å². The normalized spacial score (nSPS) is 12.7. The fraction of sp³-hybridized carbons (Fsp3) is 0.174. The molecule has 10 heteroatoms. The van der Waals surface area contributed by atoms with Gasteiger partial charge in [-0.1, -0.05) is 42.5 Å². The third-order valence-corrected chi connectivity index (χ3v) is 6.20. The topological polar surface area (TPSA) is 84.5 Å². The van der Waals surface area contributed by atoms with E-state index in [2.05, 4.69) is 10.0 Å². The van der Waals surface area contributed by atoms with E-state index in [1.807, 2.05) is 30.3 Å². The van der Waals surface area contributed by atoms with Crippen molar-refractivity contribution in [3.05, 3.63) is 90.0 Å². The predicted octanol–water partition coefficient (Wildman–Crippen LogP) is 4.76. The molecule has 1 unspecified atom stereocenters. The predicted molar refractivity (Wildman–Crippen MR) is 117 cm³/mol. The molecule has 0 bridgehead atoms. The lowest BCUT2D eigenvalue weighted by molar-refractivity contribution is -0.137. The van der Waals surface area contributed by atoms with E-state index in [1.165, 1.54) is 36.4 Å². The van der Waals surface area contributed by atoms with Gasteiger partial charge in [-0.05, 0) is 48.9 Å². The molecule has 0 spiro atoms. The SMILES string of the molecule is CC(NS(=O)(=O)c1ccc(OCC(=O)Nc2ccccc2C(F)(F)F)cc1)c1ccccc1. The van der Waals surface area contributed by atoms with Crippen LogP contribution in [0.2, 0.25) is 0 Å². The number of anilines is 1. The van der Waals surface area contributed by atoms with Gasteiger partial charge in [-0.2, -0.15) is 13.2 Å². The Kier molecular flexibility index (Phi) is 7.39. The Labute approximate surface area is 189 Å². The maximum atomic E-state index is 13.0. The van der Waals surface area contributed by atoms with Crippen molar-refractivity contribution in [2.75, 3.05) is 11.9 Å². The Morgan fingerprint density at radius 2 is 1.55 bits per heavy atom. The van der Waals surface area contributed by atoms with Crippen molar-refractivity contribution in [3.63, 3.8) is 0 Å². The molecule has 2 N–H and O–H groups in total. The number of carbonyl (C=O) groups is 1. The van der Waals surface area contributed by atoms with Crippen LogP contribution in [0.3, 0.4) is 0 Å². The van der Waals surface area contributed by atoms with E-state index in [1.54, 1.807) is 6.92 Å². The van der Waals surface area contributed by atoms with Gasteiger partial charge in [0.2, 0.25) is 10.0 Å². The number of nitrogens with one attached hydrogen (secondary N) is 2. The van der Waals surface area contributed by atoms with Gasteiger partial charge < -0.3 is 10.1 Å². The van der Waals surface area contributed by atoms with E-state index >= 15 is 0 Å². The molecule has 0 fully saturated rings. The minimum atomic E-state index is -4.61. The van der Waals surface area contributed by atoms with E-state index in [4.69, 9.17) is 4.74 Å². The summed E-state index contributed by atoms with van der Waals surface area (Å²) in [5.74, 6) is -0.605. The lowest BCUT2D eigenvalue weighted by Crippen LogP contribution is -2.26. The maximum Gasteiger partial charge on any atom is 0.418 e. The summed E-state index contributed by atoms with van der Waals surface area (Å²) in [5.41, 5.74) is -0.539. The highest BCUT2D eigenvalue weighted by atomic mass is 32.2. The molecule has 0 aromatic heterocycles.